The SMILES string of the molecule is Clc1ccc(N2C(=Nc3ccccc3)SC3CCCC32N2CCCCC2)cc1. The monoisotopic (exact) mass is 411 g/mol. The summed E-state index contributed by atoms with van der Waals surface area (Å²) in [6.07, 6.45) is 7.73. The number of amidine groups is 1. The van der Waals surface area contributed by atoms with Crippen molar-refractivity contribution in [3.05, 3.63) is 59.6 Å². The number of anilines is 1. The molecule has 0 spiro atoms. The van der Waals surface area contributed by atoms with Crippen LogP contribution < -0.4 is 4.90 Å². The fourth-order valence-electron chi connectivity index (χ4n) is 5.09. The zero-order chi connectivity index (χ0) is 19.0. The van der Waals surface area contributed by atoms with Crippen LogP contribution in [0, 0.1) is 0 Å². The lowest BCUT2D eigenvalue weighted by Gasteiger charge is -2.49. The first-order valence-corrected chi connectivity index (χ1v) is 11.6. The number of thioether (sulfide) groups is 1. The van der Waals surface area contributed by atoms with Crippen molar-refractivity contribution in [2.75, 3.05) is 18.0 Å². The molecule has 1 aliphatic carbocycles. The normalized spacial score (nSPS) is 29.4. The summed E-state index contributed by atoms with van der Waals surface area (Å²) in [5.41, 5.74) is 2.28. The summed E-state index contributed by atoms with van der Waals surface area (Å²) < 4.78 is 0. The van der Waals surface area contributed by atoms with E-state index in [1.165, 1.54) is 57.3 Å². The van der Waals surface area contributed by atoms with Gasteiger partial charge in [-0.1, -0.05) is 48.0 Å². The second-order valence-corrected chi connectivity index (χ2v) is 9.57. The van der Waals surface area contributed by atoms with Gasteiger partial charge in [0.15, 0.2) is 5.17 Å². The van der Waals surface area contributed by atoms with Crippen LogP contribution in [-0.4, -0.2) is 34.1 Å². The molecule has 146 valence electrons. The zero-order valence-corrected chi connectivity index (χ0v) is 17.6. The van der Waals surface area contributed by atoms with E-state index in [4.69, 9.17) is 16.6 Å². The van der Waals surface area contributed by atoms with Crippen LogP contribution in [0.2, 0.25) is 5.02 Å². The fourth-order valence-corrected chi connectivity index (χ4v) is 6.85. The average molecular weight is 412 g/mol. The quantitative estimate of drug-likeness (QED) is 0.589. The third-order valence-corrected chi connectivity index (χ3v) is 7.96. The Morgan fingerprint density at radius 3 is 2.43 bits per heavy atom. The first-order valence-electron chi connectivity index (χ1n) is 10.4. The van der Waals surface area contributed by atoms with E-state index in [1.54, 1.807) is 0 Å². The van der Waals surface area contributed by atoms with Crippen molar-refractivity contribution in [1.82, 2.24) is 4.90 Å². The van der Waals surface area contributed by atoms with Gasteiger partial charge >= 0.3 is 0 Å². The summed E-state index contributed by atoms with van der Waals surface area (Å²) in [5.74, 6) is 0. The van der Waals surface area contributed by atoms with Gasteiger partial charge in [0.1, 0.15) is 5.66 Å². The van der Waals surface area contributed by atoms with E-state index in [9.17, 15) is 0 Å². The van der Waals surface area contributed by atoms with E-state index in [1.807, 2.05) is 30.0 Å². The molecule has 0 amide bonds. The van der Waals surface area contributed by atoms with E-state index in [-0.39, 0.29) is 5.66 Å². The summed E-state index contributed by atoms with van der Waals surface area (Å²) in [4.78, 5) is 10.4. The molecule has 2 heterocycles. The van der Waals surface area contributed by atoms with Crippen LogP contribution in [0.1, 0.15) is 38.5 Å². The maximum absolute atomic E-state index is 6.21. The van der Waals surface area contributed by atoms with E-state index in [2.05, 4.69) is 46.2 Å². The molecule has 3 nitrogen and oxygen atoms in total. The highest BCUT2D eigenvalue weighted by molar-refractivity contribution is 8.15. The number of para-hydroxylation sites is 1. The first kappa shape index (κ1) is 18.5. The Bertz CT molecular complexity index is 848. The van der Waals surface area contributed by atoms with E-state index >= 15 is 0 Å². The molecule has 2 aromatic carbocycles. The predicted molar refractivity (Wildman–Crippen MR) is 121 cm³/mol. The van der Waals surface area contributed by atoms with E-state index < -0.39 is 0 Å². The van der Waals surface area contributed by atoms with Crippen LogP contribution >= 0.6 is 23.4 Å². The van der Waals surface area contributed by atoms with Crippen LogP contribution in [0.4, 0.5) is 11.4 Å². The van der Waals surface area contributed by atoms with Crippen molar-refractivity contribution >= 4 is 39.9 Å². The van der Waals surface area contributed by atoms with Crippen LogP contribution in [0.25, 0.3) is 0 Å². The highest BCUT2D eigenvalue weighted by Crippen LogP contribution is 2.54. The predicted octanol–water partition coefficient (Wildman–Crippen LogP) is 6.32. The Hall–Kier alpha value is -1.49. The first-order chi connectivity index (χ1) is 13.8. The van der Waals surface area contributed by atoms with Gasteiger partial charge in [0.25, 0.3) is 0 Å². The number of fused-ring (bicyclic) bond motifs is 1. The molecule has 2 unspecified atom stereocenters. The molecule has 2 aliphatic heterocycles. The van der Waals surface area contributed by atoms with Crippen LogP contribution in [-0.2, 0) is 0 Å². The second-order valence-electron chi connectivity index (χ2n) is 7.97. The summed E-state index contributed by atoms with van der Waals surface area (Å²) in [6.45, 7) is 2.39. The zero-order valence-electron chi connectivity index (χ0n) is 16.1. The minimum absolute atomic E-state index is 0.0481. The smallest absolute Gasteiger partial charge is 0.170 e. The van der Waals surface area contributed by atoms with Gasteiger partial charge in [-0.2, -0.15) is 0 Å². The van der Waals surface area contributed by atoms with Gasteiger partial charge in [-0.15, -0.1) is 0 Å². The minimum Gasteiger partial charge on any atom is -0.301 e. The lowest BCUT2D eigenvalue weighted by molar-refractivity contribution is 0.0852. The van der Waals surface area contributed by atoms with Crippen molar-refractivity contribution in [3.63, 3.8) is 0 Å². The molecular weight excluding hydrogens is 386 g/mol. The highest BCUT2D eigenvalue weighted by Gasteiger charge is 2.58. The molecule has 0 bridgehead atoms. The van der Waals surface area contributed by atoms with Crippen molar-refractivity contribution in [2.45, 2.75) is 49.4 Å². The third-order valence-electron chi connectivity index (χ3n) is 6.32. The van der Waals surface area contributed by atoms with Gasteiger partial charge in [0.2, 0.25) is 0 Å². The number of halogens is 1. The van der Waals surface area contributed by atoms with Gasteiger partial charge in [-0.3, -0.25) is 4.90 Å². The number of hydrogen-bond acceptors (Lipinski definition) is 3. The molecule has 0 N–H and O–H groups in total. The summed E-state index contributed by atoms with van der Waals surface area (Å²) in [6, 6.07) is 18.7. The molecule has 1 saturated carbocycles. The average Bonchev–Trinajstić information content (AvgIpc) is 3.27. The molecule has 5 heteroatoms. The van der Waals surface area contributed by atoms with Gasteiger partial charge in [-0.25, -0.2) is 4.99 Å². The van der Waals surface area contributed by atoms with Crippen molar-refractivity contribution in [3.8, 4) is 0 Å². The van der Waals surface area contributed by atoms with E-state index in [0.29, 0.717) is 5.25 Å². The summed E-state index contributed by atoms with van der Waals surface area (Å²) in [7, 11) is 0. The number of piperidine rings is 1. The molecular formula is C23H26ClN3S. The Balaban J connectivity index is 1.62. The third kappa shape index (κ3) is 3.16. The number of hydrogen-bond donors (Lipinski definition) is 0. The largest absolute Gasteiger partial charge is 0.301 e. The maximum Gasteiger partial charge on any atom is 0.170 e. The Morgan fingerprint density at radius 1 is 0.929 bits per heavy atom. The van der Waals surface area contributed by atoms with E-state index in [0.717, 1.165) is 15.9 Å². The molecule has 0 radical (unpaired) electrons. The molecule has 0 aromatic heterocycles. The summed E-state index contributed by atoms with van der Waals surface area (Å²) >= 11 is 8.19. The lowest BCUT2D eigenvalue weighted by atomic mass is 9.98. The highest BCUT2D eigenvalue weighted by atomic mass is 35.5. The second kappa shape index (κ2) is 7.74. The number of benzene rings is 2. The van der Waals surface area contributed by atoms with Gasteiger partial charge in [0.05, 0.1) is 5.69 Å². The van der Waals surface area contributed by atoms with Gasteiger partial charge in [0, 0.05) is 29.0 Å². The molecule has 3 fully saturated rings. The molecule has 2 aromatic rings. The van der Waals surface area contributed by atoms with Crippen LogP contribution in [0.5, 0.6) is 0 Å². The fraction of sp³-hybridized carbons (Fsp3) is 0.435. The maximum atomic E-state index is 6.21. The Morgan fingerprint density at radius 2 is 1.68 bits per heavy atom. The Labute approximate surface area is 176 Å². The van der Waals surface area contributed by atoms with Gasteiger partial charge in [-0.05, 0) is 68.5 Å². The van der Waals surface area contributed by atoms with Crippen molar-refractivity contribution in [2.24, 2.45) is 4.99 Å². The van der Waals surface area contributed by atoms with Crippen LogP contribution in [0.15, 0.2) is 59.6 Å². The summed E-state index contributed by atoms with van der Waals surface area (Å²) in [5, 5.41) is 2.49. The molecule has 5 rings (SSSR count). The topological polar surface area (TPSA) is 18.8 Å². The standard InChI is InChI=1S/C23H26ClN3S/c24-18-11-13-20(14-12-18)27-22(25-19-8-3-1-4-9-19)28-21-10-7-15-23(21,27)26-16-5-2-6-17-26/h1,3-4,8-9,11-14,21H,2,5-7,10,15-17H2. The van der Waals surface area contributed by atoms with Gasteiger partial charge < -0.3 is 4.90 Å². The number of aliphatic imine (C=N–C) groups is 1. The lowest BCUT2D eigenvalue weighted by Crippen LogP contribution is -2.62. The Kier molecular flexibility index (Phi) is 5.12. The number of likely N-dealkylation sites (tertiary alicyclic amines) is 1. The number of nitrogens with zero attached hydrogens (tertiary/aromatic N) is 3. The molecule has 2 atom stereocenters. The van der Waals surface area contributed by atoms with Crippen molar-refractivity contribution in [1.29, 1.82) is 0 Å². The number of rotatable bonds is 3. The minimum atomic E-state index is 0.0481. The molecule has 3 aliphatic rings. The van der Waals surface area contributed by atoms with Crippen molar-refractivity contribution < 1.29 is 0 Å². The molecule has 2 saturated heterocycles. The van der Waals surface area contributed by atoms with Crippen LogP contribution in [0.3, 0.4) is 0 Å². The molecule has 28 heavy (non-hydrogen) atoms.